The van der Waals surface area contributed by atoms with E-state index in [1.54, 1.807) is 0 Å². The second kappa shape index (κ2) is 5.02. The van der Waals surface area contributed by atoms with Crippen LogP contribution in [0.15, 0.2) is 24.3 Å². The molecule has 4 rings (SSSR count). The van der Waals surface area contributed by atoms with Crippen LogP contribution in [-0.4, -0.2) is 48.6 Å². The van der Waals surface area contributed by atoms with Gasteiger partial charge in [-0.1, -0.05) is 12.1 Å². The van der Waals surface area contributed by atoms with E-state index in [1.165, 1.54) is 12.1 Å². The molecule has 0 aromatic heterocycles. The number of fused-ring (bicyclic) bond motifs is 3. The predicted molar refractivity (Wildman–Crippen MR) is 70.2 cm³/mol. The number of alkyl halides is 3. The molecule has 1 aromatic rings. The molecule has 0 aliphatic carbocycles. The molecule has 110 valence electrons. The van der Waals surface area contributed by atoms with E-state index in [1.807, 2.05) is 0 Å². The zero-order chi connectivity index (χ0) is 14.3. The number of benzene rings is 1. The fourth-order valence-corrected chi connectivity index (χ4v) is 3.11. The smallest absolute Gasteiger partial charge is 0.323 e. The van der Waals surface area contributed by atoms with E-state index in [9.17, 15) is 13.2 Å². The van der Waals surface area contributed by atoms with Crippen molar-refractivity contribution in [2.75, 3.05) is 32.7 Å². The Labute approximate surface area is 116 Å². The summed E-state index contributed by atoms with van der Waals surface area (Å²) in [4.78, 5) is 4.72. The van der Waals surface area contributed by atoms with Gasteiger partial charge in [0.25, 0.3) is 0 Å². The number of hydrogen-bond acceptors (Lipinski definition) is 3. The number of rotatable bonds is 2. The van der Waals surface area contributed by atoms with Gasteiger partial charge in [-0.05, 0) is 17.7 Å². The highest BCUT2D eigenvalue weighted by Gasteiger charge is 2.36. The summed E-state index contributed by atoms with van der Waals surface area (Å²) in [5.74, 6) is 0. The summed E-state index contributed by atoms with van der Waals surface area (Å²) in [6, 6.07) is 5.21. The Balaban J connectivity index is 1.75. The molecular formula is C14H18F3N3. The van der Waals surface area contributed by atoms with E-state index in [0.29, 0.717) is 0 Å². The van der Waals surface area contributed by atoms with Gasteiger partial charge in [-0.15, -0.1) is 0 Å². The normalized spacial score (nSPS) is 31.3. The molecule has 3 aliphatic rings. The van der Waals surface area contributed by atoms with Crippen molar-refractivity contribution in [3.63, 3.8) is 0 Å². The topological polar surface area (TPSA) is 32.5 Å². The fraction of sp³-hybridized carbons (Fsp3) is 0.571. The van der Waals surface area contributed by atoms with Crippen molar-refractivity contribution >= 4 is 0 Å². The van der Waals surface area contributed by atoms with Gasteiger partial charge >= 0.3 is 6.18 Å². The van der Waals surface area contributed by atoms with Crippen molar-refractivity contribution in [3.05, 3.63) is 35.4 Å². The maximum Gasteiger partial charge on any atom is 0.416 e. The van der Waals surface area contributed by atoms with E-state index >= 15 is 0 Å². The minimum absolute atomic E-state index is 0.203. The van der Waals surface area contributed by atoms with Crippen LogP contribution in [0.1, 0.15) is 17.2 Å². The summed E-state index contributed by atoms with van der Waals surface area (Å²) in [5, 5.41) is 0. The van der Waals surface area contributed by atoms with E-state index in [-0.39, 0.29) is 12.1 Å². The first-order chi connectivity index (χ1) is 9.45. The van der Waals surface area contributed by atoms with Gasteiger partial charge in [-0.2, -0.15) is 13.2 Å². The molecule has 0 spiro atoms. The zero-order valence-corrected chi connectivity index (χ0v) is 11.1. The fourth-order valence-electron chi connectivity index (χ4n) is 3.11. The lowest BCUT2D eigenvalue weighted by Gasteiger charge is -2.49. The number of piperazine rings is 3. The van der Waals surface area contributed by atoms with Gasteiger partial charge < -0.3 is 5.73 Å². The molecule has 2 unspecified atom stereocenters. The van der Waals surface area contributed by atoms with Crippen molar-refractivity contribution in [2.45, 2.75) is 18.3 Å². The number of nitrogens with two attached hydrogens (primary N) is 1. The quantitative estimate of drug-likeness (QED) is 0.898. The Bertz CT molecular complexity index is 464. The highest BCUT2D eigenvalue weighted by molar-refractivity contribution is 5.28. The highest BCUT2D eigenvalue weighted by atomic mass is 19.4. The van der Waals surface area contributed by atoms with Crippen LogP contribution in [-0.2, 0) is 6.18 Å². The van der Waals surface area contributed by atoms with Crippen molar-refractivity contribution in [3.8, 4) is 0 Å². The van der Waals surface area contributed by atoms with Crippen LogP contribution in [0.25, 0.3) is 0 Å². The Hall–Kier alpha value is -1.11. The van der Waals surface area contributed by atoms with Crippen molar-refractivity contribution in [1.82, 2.24) is 9.80 Å². The van der Waals surface area contributed by atoms with Gasteiger partial charge in [-0.25, -0.2) is 0 Å². The molecule has 3 nitrogen and oxygen atoms in total. The molecule has 3 heterocycles. The summed E-state index contributed by atoms with van der Waals surface area (Å²) in [6.45, 7) is 5.03. The first kappa shape index (κ1) is 13.9. The molecule has 20 heavy (non-hydrogen) atoms. The van der Waals surface area contributed by atoms with E-state index < -0.39 is 11.7 Å². The van der Waals surface area contributed by atoms with Gasteiger partial charge in [0.1, 0.15) is 0 Å². The summed E-state index contributed by atoms with van der Waals surface area (Å²) >= 11 is 0. The van der Waals surface area contributed by atoms with Crippen molar-refractivity contribution in [1.29, 1.82) is 0 Å². The molecule has 3 aliphatic heterocycles. The molecule has 0 saturated carbocycles. The van der Waals surface area contributed by atoms with Gasteiger partial charge in [0, 0.05) is 44.8 Å². The maximum absolute atomic E-state index is 12.6. The first-order valence-corrected chi connectivity index (χ1v) is 6.84. The summed E-state index contributed by atoms with van der Waals surface area (Å²) < 4.78 is 37.7. The lowest BCUT2D eigenvalue weighted by Crippen LogP contribution is -2.63. The Morgan fingerprint density at radius 2 is 1.65 bits per heavy atom. The molecule has 2 bridgehead atoms. The lowest BCUT2D eigenvalue weighted by atomic mass is 9.94. The van der Waals surface area contributed by atoms with Gasteiger partial charge in [0.15, 0.2) is 0 Å². The molecule has 0 amide bonds. The molecule has 1 aromatic carbocycles. The molecule has 3 saturated heterocycles. The summed E-state index contributed by atoms with van der Waals surface area (Å²) in [6.07, 6.45) is -4.29. The van der Waals surface area contributed by atoms with Crippen LogP contribution in [0.4, 0.5) is 13.2 Å². The highest BCUT2D eigenvalue weighted by Crippen LogP contribution is 2.31. The molecule has 0 radical (unpaired) electrons. The minimum Gasteiger partial charge on any atom is -0.323 e. The lowest BCUT2D eigenvalue weighted by molar-refractivity contribution is -0.137. The molecule has 6 heteroatoms. The van der Waals surface area contributed by atoms with Crippen LogP contribution in [0.3, 0.4) is 0 Å². The van der Waals surface area contributed by atoms with Crippen LogP contribution in [0.2, 0.25) is 0 Å². The Morgan fingerprint density at radius 1 is 1.05 bits per heavy atom. The summed E-state index contributed by atoms with van der Waals surface area (Å²) in [7, 11) is 0. The second-order valence-corrected chi connectivity index (χ2v) is 5.55. The standard InChI is InChI=1S/C14H18F3N3/c15-14(16,17)11-3-1-10(2-4-11)13(18)12-9-19-5-7-20(12)8-6-19/h1-4,12-13H,5-9,18H2. The first-order valence-electron chi connectivity index (χ1n) is 6.84. The van der Waals surface area contributed by atoms with Crippen molar-refractivity contribution < 1.29 is 13.2 Å². The van der Waals surface area contributed by atoms with Gasteiger partial charge in [0.2, 0.25) is 0 Å². The van der Waals surface area contributed by atoms with Gasteiger partial charge in [-0.3, -0.25) is 9.80 Å². The second-order valence-electron chi connectivity index (χ2n) is 5.55. The van der Waals surface area contributed by atoms with E-state index in [2.05, 4.69) is 9.80 Å². The maximum atomic E-state index is 12.6. The monoisotopic (exact) mass is 285 g/mol. The van der Waals surface area contributed by atoms with E-state index in [0.717, 1.165) is 50.4 Å². The average Bonchev–Trinajstić information content (AvgIpc) is 2.47. The van der Waals surface area contributed by atoms with E-state index in [4.69, 9.17) is 5.73 Å². The SMILES string of the molecule is NC(c1ccc(C(F)(F)F)cc1)C1CN2CCN1CC2. The molecular weight excluding hydrogens is 267 g/mol. The average molecular weight is 285 g/mol. The molecule has 2 N–H and O–H groups in total. The van der Waals surface area contributed by atoms with Crippen LogP contribution < -0.4 is 5.73 Å². The van der Waals surface area contributed by atoms with Gasteiger partial charge in [0.05, 0.1) is 5.56 Å². The zero-order valence-electron chi connectivity index (χ0n) is 11.1. The molecule has 2 atom stereocenters. The van der Waals surface area contributed by atoms with Crippen LogP contribution in [0, 0.1) is 0 Å². The largest absolute Gasteiger partial charge is 0.416 e. The third kappa shape index (κ3) is 2.55. The Morgan fingerprint density at radius 3 is 2.10 bits per heavy atom. The molecule has 3 fully saturated rings. The number of hydrogen-bond donors (Lipinski definition) is 1. The van der Waals surface area contributed by atoms with Crippen LogP contribution >= 0.6 is 0 Å². The third-order valence-electron chi connectivity index (χ3n) is 4.36. The van der Waals surface area contributed by atoms with Crippen LogP contribution in [0.5, 0.6) is 0 Å². The number of nitrogens with zero attached hydrogens (tertiary/aromatic N) is 2. The van der Waals surface area contributed by atoms with Crippen molar-refractivity contribution in [2.24, 2.45) is 5.73 Å². The predicted octanol–water partition coefficient (Wildman–Crippen LogP) is 1.71. The number of halogens is 3. The minimum atomic E-state index is -4.29. The Kier molecular flexibility index (Phi) is 3.48. The third-order valence-corrected chi connectivity index (χ3v) is 4.36. The summed E-state index contributed by atoms with van der Waals surface area (Å²) in [5.41, 5.74) is 6.42.